The molecule has 0 saturated carbocycles. The molecule has 0 amide bonds. The number of phosphoric ester groups is 1. The van der Waals surface area contributed by atoms with Crippen LogP contribution in [0.25, 0.3) is 11.2 Å². The first kappa shape index (κ1) is 23.8. The topological polar surface area (TPSA) is 238 Å². The summed E-state index contributed by atoms with van der Waals surface area (Å²) in [4.78, 5) is 30.1. The predicted octanol–water partition coefficient (Wildman–Crippen LogP) is -0.870. The number of rotatable bonds is 9. The zero-order chi connectivity index (χ0) is 23.0. The molecule has 1 fully saturated rings. The Balaban J connectivity index is 2.06. The number of nitrogens with zero attached hydrogens (tertiary/aromatic N) is 4. The summed E-state index contributed by atoms with van der Waals surface area (Å²) in [6, 6.07) is 0. The van der Waals surface area contributed by atoms with E-state index < -0.39 is 38.1 Å². The molecule has 1 aliphatic heterocycles. The summed E-state index contributed by atoms with van der Waals surface area (Å²) in [5.74, 6) is -2.38. The molecule has 1 aliphatic rings. The van der Waals surface area contributed by atoms with E-state index in [1.165, 1.54) is 0 Å². The van der Waals surface area contributed by atoms with E-state index in [4.69, 9.17) is 31.7 Å². The minimum Gasteiger partial charge on any atom is -0.387 e. The minimum atomic E-state index is -4.87. The maximum absolute atomic E-state index is 11.6. The highest BCUT2D eigenvalue weighted by Gasteiger charge is 2.65. The predicted molar refractivity (Wildman–Crippen MR) is 109 cm³/mol. The van der Waals surface area contributed by atoms with Crippen LogP contribution in [0.5, 0.6) is 0 Å². The lowest BCUT2D eigenvalue weighted by atomic mass is 9.85. The Morgan fingerprint density at radius 2 is 2.00 bits per heavy atom. The minimum absolute atomic E-state index is 0.00322. The van der Waals surface area contributed by atoms with Crippen LogP contribution >= 0.6 is 7.82 Å². The fraction of sp³-hybridized carbons (Fsp3) is 0.688. The van der Waals surface area contributed by atoms with Gasteiger partial charge in [-0.15, -0.1) is 0 Å². The third-order valence-electron chi connectivity index (χ3n) is 5.44. The van der Waals surface area contributed by atoms with Crippen molar-refractivity contribution in [1.29, 1.82) is 0 Å². The van der Waals surface area contributed by atoms with Crippen LogP contribution in [0.3, 0.4) is 0 Å². The van der Waals surface area contributed by atoms with E-state index >= 15 is 0 Å². The van der Waals surface area contributed by atoms with Gasteiger partial charge in [-0.2, -0.15) is 0 Å². The molecule has 0 unspecified atom stereocenters. The number of aromatic nitrogens is 4. The van der Waals surface area contributed by atoms with Crippen LogP contribution in [0.2, 0.25) is 0 Å². The van der Waals surface area contributed by atoms with Crippen molar-refractivity contribution in [3.05, 3.63) is 6.33 Å². The van der Waals surface area contributed by atoms with Crippen LogP contribution in [0.4, 0.5) is 11.8 Å². The van der Waals surface area contributed by atoms with Crippen molar-refractivity contribution in [1.82, 2.24) is 19.5 Å². The molecular weight excluding hydrogens is 433 g/mol. The maximum atomic E-state index is 11.6. The van der Waals surface area contributed by atoms with Crippen LogP contribution < -0.4 is 17.2 Å². The van der Waals surface area contributed by atoms with Crippen LogP contribution in [-0.4, -0.2) is 63.9 Å². The lowest BCUT2D eigenvalue weighted by Gasteiger charge is -2.40. The normalized spacial score (nSPS) is 29.1. The van der Waals surface area contributed by atoms with Gasteiger partial charge in [0.2, 0.25) is 11.8 Å². The van der Waals surface area contributed by atoms with Gasteiger partial charge in [-0.1, -0.05) is 32.6 Å². The molecule has 2 aromatic heterocycles. The second-order valence-electron chi connectivity index (χ2n) is 7.56. The molecule has 4 atom stereocenters. The molecular formula is C16H28N7O7P. The number of ether oxygens (including phenoxy) is 1. The summed E-state index contributed by atoms with van der Waals surface area (Å²) in [6.45, 7) is 1.29. The Morgan fingerprint density at radius 1 is 1.29 bits per heavy atom. The van der Waals surface area contributed by atoms with E-state index in [9.17, 15) is 14.8 Å². The van der Waals surface area contributed by atoms with Gasteiger partial charge in [-0.25, -0.2) is 24.1 Å². The van der Waals surface area contributed by atoms with Crippen molar-refractivity contribution in [3.8, 4) is 0 Å². The molecule has 0 bridgehead atoms. The first-order chi connectivity index (χ1) is 14.4. The molecule has 3 rings (SSSR count). The molecule has 0 spiro atoms. The first-order valence-electron chi connectivity index (χ1n) is 9.76. The highest BCUT2D eigenvalue weighted by molar-refractivity contribution is 7.46. The number of nitrogen functional groups attached to an aromatic ring is 2. The average Bonchev–Trinajstić information content (AvgIpc) is 3.12. The third kappa shape index (κ3) is 4.25. The zero-order valence-corrected chi connectivity index (χ0v) is 17.9. The maximum Gasteiger partial charge on any atom is 0.469 e. The molecule has 31 heavy (non-hydrogen) atoms. The van der Waals surface area contributed by atoms with E-state index in [0.717, 1.165) is 30.2 Å². The number of fused-ring (bicyclic) bond motifs is 1. The highest BCUT2D eigenvalue weighted by atomic mass is 31.2. The van der Waals surface area contributed by atoms with Crippen molar-refractivity contribution >= 4 is 30.8 Å². The van der Waals surface area contributed by atoms with Gasteiger partial charge in [-0.3, -0.25) is 10.3 Å². The number of imidazole rings is 1. The summed E-state index contributed by atoms with van der Waals surface area (Å²) in [5.41, 5.74) is 16.4. The van der Waals surface area contributed by atoms with E-state index in [-0.39, 0.29) is 29.4 Å². The molecule has 10 N–H and O–H groups in total. The van der Waals surface area contributed by atoms with Crippen molar-refractivity contribution in [2.75, 3.05) is 18.1 Å². The zero-order valence-electron chi connectivity index (χ0n) is 17.0. The molecule has 1 saturated heterocycles. The molecule has 15 heteroatoms. The molecule has 0 aromatic carbocycles. The molecule has 174 valence electrons. The second kappa shape index (κ2) is 8.56. The van der Waals surface area contributed by atoms with Gasteiger partial charge in [0.1, 0.15) is 18.5 Å². The smallest absolute Gasteiger partial charge is 0.387 e. The summed E-state index contributed by atoms with van der Waals surface area (Å²) < 4.78 is 22.5. The van der Waals surface area contributed by atoms with Gasteiger partial charge < -0.3 is 36.2 Å². The monoisotopic (exact) mass is 461 g/mol. The van der Waals surface area contributed by atoms with E-state index in [1.807, 2.05) is 6.92 Å². The number of aliphatic hydroxyl groups is 2. The van der Waals surface area contributed by atoms with Crippen LogP contribution in [-0.2, 0) is 19.7 Å². The lowest BCUT2D eigenvalue weighted by molar-refractivity contribution is -0.193. The summed E-state index contributed by atoms with van der Waals surface area (Å²) >= 11 is 0. The number of hydrogen-bond acceptors (Lipinski definition) is 11. The SMILES string of the molecule is CCCCCC[C@@]1(O)[C@H](O)[C@@H](COP(=O)(O)O)O[C@@]1(N)n1c(N)nc2c(N)ncnc21. The Bertz CT molecular complexity index is 985. The summed E-state index contributed by atoms with van der Waals surface area (Å²) in [6.07, 6.45) is 1.18. The number of phosphoric acid groups is 1. The highest BCUT2D eigenvalue weighted by Crippen LogP contribution is 2.47. The number of unbranched alkanes of at least 4 members (excludes halogenated alkanes) is 3. The average molecular weight is 461 g/mol. The van der Waals surface area contributed by atoms with Gasteiger partial charge in [0.25, 0.3) is 0 Å². The van der Waals surface area contributed by atoms with Gasteiger partial charge >= 0.3 is 7.82 Å². The Labute approximate surface area is 177 Å². The van der Waals surface area contributed by atoms with E-state index in [1.54, 1.807) is 0 Å². The van der Waals surface area contributed by atoms with Crippen LogP contribution in [0, 0.1) is 0 Å². The lowest BCUT2D eigenvalue weighted by Crippen LogP contribution is -2.63. The molecule has 0 aliphatic carbocycles. The van der Waals surface area contributed by atoms with Gasteiger partial charge in [-0.05, 0) is 6.42 Å². The Hall–Kier alpha value is -1.90. The Morgan fingerprint density at radius 3 is 2.65 bits per heavy atom. The Kier molecular flexibility index (Phi) is 6.56. The first-order valence-corrected chi connectivity index (χ1v) is 11.3. The number of nitrogens with two attached hydrogens (primary N) is 3. The number of aliphatic hydroxyl groups excluding tert-OH is 1. The number of anilines is 2. The number of hydrogen-bond donors (Lipinski definition) is 7. The second-order valence-corrected chi connectivity index (χ2v) is 8.79. The summed E-state index contributed by atoms with van der Waals surface area (Å²) in [7, 11) is -4.87. The summed E-state index contributed by atoms with van der Waals surface area (Å²) in [5, 5.41) is 22.5. The standard InChI is InChI=1S/C16H28N7O7P/c1-2-3-4-5-6-15(25)11(24)9(7-29-31(26,27)28)30-16(15,19)23-13-10(22-14(23)18)12(17)20-8-21-13/h8-9,11,24-25H,2-7,19H2,1H3,(H2,18,22)(H2,17,20,21)(H2,26,27,28)/t9-,11-,15-,16+/m1/s1. The molecule has 0 radical (unpaired) electrons. The fourth-order valence-corrected chi connectivity index (χ4v) is 4.20. The largest absolute Gasteiger partial charge is 0.469 e. The van der Waals surface area contributed by atoms with Gasteiger partial charge in [0.15, 0.2) is 22.6 Å². The van der Waals surface area contributed by atoms with E-state index in [0.29, 0.717) is 6.42 Å². The molecule has 14 nitrogen and oxygen atoms in total. The molecule has 3 heterocycles. The van der Waals surface area contributed by atoms with Gasteiger partial charge in [0, 0.05) is 0 Å². The fourth-order valence-electron chi connectivity index (χ4n) is 3.86. The quantitative estimate of drug-likeness (QED) is 0.178. The molecule has 2 aromatic rings. The van der Waals surface area contributed by atoms with Crippen molar-refractivity contribution < 1.29 is 33.8 Å². The third-order valence-corrected chi connectivity index (χ3v) is 5.93. The van der Waals surface area contributed by atoms with Crippen LogP contribution in [0.15, 0.2) is 6.33 Å². The van der Waals surface area contributed by atoms with E-state index in [2.05, 4.69) is 19.5 Å². The van der Waals surface area contributed by atoms with Gasteiger partial charge in [0.05, 0.1) is 6.61 Å². The van der Waals surface area contributed by atoms with Crippen molar-refractivity contribution in [2.45, 2.75) is 62.7 Å². The van der Waals surface area contributed by atoms with Crippen molar-refractivity contribution in [2.24, 2.45) is 5.73 Å². The van der Waals surface area contributed by atoms with Crippen LogP contribution in [0.1, 0.15) is 39.0 Å². The van der Waals surface area contributed by atoms with Crippen molar-refractivity contribution in [3.63, 3.8) is 0 Å².